The molecule has 2 aromatic carbocycles. The Morgan fingerprint density at radius 2 is 1.97 bits per heavy atom. The first-order valence-electron chi connectivity index (χ1n) is 9.72. The molecule has 0 spiro atoms. The molecule has 0 saturated carbocycles. The average Bonchev–Trinajstić information content (AvgIpc) is 3.17. The number of hydrogen-bond donors (Lipinski definition) is 1. The van der Waals surface area contributed by atoms with Gasteiger partial charge < -0.3 is 10.1 Å². The molecule has 0 radical (unpaired) electrons. The fourth-order valence-corrected chi connectivity index (χ4v) is 5.15. The molecule has 30 heavy (non-hydrogen) atoms. The van der Waals surface area contributed by atoms with Crippen LogP contribution in [0.15, 0.2) is 65.8 Å². The number of fused-ring (bicyclic) bond motifs is 1. The smallest absolute Gasteiger partial charge is 0.243 e. The molecule has 3 aromatic rings. The van der Waals surface area contributed by atoms with Crippen LogP contribution >= 0.6 is 0 Å². The Morgan fingerprint density at radius 1 is 1.17 bits per heavy atom. The van der Waals surface area contributed by atoms with Gasteiger partial charge in [-0.3, -0.25) is 9.78 Å². The second-order valence-corrected chi connectivity index (χ2v) is 9.27. The van der Waals surface area contributed by atoms with Crippen molar-refractivity contribution in [2.75, 3.05) is 13.7 Å². The topological polar surface area (TPSA) is 88.6 Å². The van der Waals surface area contributed by atoms with Crippen molar-refractivity contribution in [3.8, 4) is 5.75 Å². The monoisotopic (exact) mass is 425 g/mol. The molecule has 0 aliphatic carbocycles. The number of rotatable bonds is 7. The second-order valence-electron chi connectivity index (χ2n) is 7.34. The van der Waals surface area contributed by atoms with E-state index in [0.717, 1.165) is 16.3 Å². The zero-order chi connectivity index (χ0) is 21.1. The molecule has 0 unspecified atom stereocenters. The lowest BCUT2D eigenvalue weighted by atomic mass is 10.1. The van der Waals surface area contributed by atoms with Crippen molar-refractivity contribution in [2.45, 2.75) is 30.3 Å². The van der Waals surface area contributed by atoms with E-state index in [1.54, 1.807) is 49.8 Å². The number of hydrogen-bond acceptors (Lipinski definition) is 5. The van der Waals surface area contributed by atoms with E-state index in [1.807, 2.05) is 18.2 Å². The standard InChI is InChI=1S/C22H23N3O4S/c1-29-20-7-4-18-12-21(8-5-17(18)11-20)30(27,28)25(14-16-3-2-10-23-13-16)15-19-6-9-22(26)24-19/h2-5,7-8,10-13,19H,6,9,14-15H2,1H3,(H,24,26)/t19-/m0/s1. The third-order valence-electron chi connectivity index (χ3n) is 5.25. The predicted octanol–water partition coefficient (Wildman–Crippen LogP) is 2.71. The van der Waals surface area contributed by atoms with Crippen LogP contribution in [0.25, 0.3) is 10.8 Å². The van der Waals surface area contributed by atoms with Gasteiger partial charge in [0.2, 0.25) is 15.9 Å². The lowest BCUT2D eigenvalue weighted by Gasteiger charge is -2.25. The van der Waals surface area contributed by atoms with Crippen molar-refractivity contribution in [3.63, 3.8) is 0 Å². The Bertz CT molecular complexity index is 1170. The number of amides is 1. The number of aromatic nitrogens is 1. The Morgan fingerprint density at radius 3 is 2.67 bits per heavy atom. The van der Waals surface area contributed by atoms with E-state index < -0.39 is 10.0 Å². The van der Waals surface area contributed by atoms with Gasteiger partial charge in [0.1, 0.15) is 5.75 Å². The minimum atomic E-state index is -3.79. The van der Waals surface area contributed by atoms with Gasteiger partial charge in [-0.25, -0.2) is 8.42 Å². The van der Waals surface area contributed by atoms with Gasteiger partial charge in [-0.05, 0) is 53.1 Å². The highest BCUT2D eigenvalue weighted by Crippen LogP contribution is 2.26. The second kappa shape index (κ2) is 8.41. The fourth-order valence-electron chi connectivity index (χ4n) is 3.64. The van der Waals surface area contributed by atoms with Gasteiger partial charge in [-0.15, -0.1) is 0 Å². The number of carbonyl (C=O) groups is 1. The fraction of sp³-hybridized carbons (Fsp3) is 0.273. The SMILES string of the molecule is COc1ccc2cc(S(=O)(=O)N(Cc3cccnc3)C[C@@H]3CCC(=O)N3)ccc2c1. The van der Waals surface area contributed by atoms with Crippen molar-refractivity contribution in [2.24, 2.45) is 0 Å². The number of nitrogens with one attached hydrogen (secondary N) is 1. The largest absolute Gasteiger partial charge is 0.497 e. The van der Waals surface area contributed by atoms with Crippen molar-refractivity contribution in [1.82, 2.24) is 14.6 Å². The quantitative estimate of drug-likeness (QED) is 0.629. The van der Waals surface area contributed by atoms with E-state index in [0.29, 0.717) is 18.6 Å². The molecular formula is C22H23N3O4S. The number of ether oxygens (including phenoxy) is 1. The maximum absolute atomic E-state index is 13.5. The maximum Gasteiger partial charge on any atom is 0.243 e. The van der Waals surface area contributed by atoms with Crippen LogP contribution in [-0.4, -0.2) is 43.3 Å². The highest BCUT2D eigenvalue weighted by atomic mass is 32.2. The van der Waals surface area contributed by atoms with E-state index in [1.165, 1.54) is 4.31 Å². The summed E-state index contributed by atoms with van der Waals surface area (Å²) in [4.78, 5) is 15.9. The first-order valence-corrected chi connectivity index (χ1v) is 11.2. The van der Waals surface area contributed by atoms with Gasteiger partial charge in [0, 0.05) is 37.9 Å². The van der Waals surface area contributed by atoms with Gasteiger partial charge in [0.25, 0.3) is 0 Å². The number of nitrogens with zero attached hydrogens (tertiary/aromatic N) is 2. The van der Waals surface area contributed by atoms with Crippen LogP contribution in [0.4, 0.5) is 0 Å². The first kappa shape index (κ1) is 20.3. The summed E-state index contributed by atoms with van der Waals surface area (Å²) in [6.07, 6.45) is 4.35. The number of benzene rings is 2. The summed E-state index contributed by atoms with van der Waals surface area (Å²) in [5, 5.41) is 4.57. The molecule has 7 nitrogen and oxygen atoms in total. The predicted molar refractivity (Wildman–Crippen MR) is 113 cm³/mol. The van der Waals surface area contributed by atoms with Gasteiger partial charge >= 0.3 is 0 Å². The normalized spacial score (nSPS) is 16.7. The van der Waals surface area contributed by atoms with E-state index in [4.69, 9.17) is 4.74 Å². The lowest BCUT2D eigenvalue weighted by molar-refractivity contribution is -0.119. The van der Waals surface area contributed by atoms with E-state index in [9.17, 15) is 13.2 Å². The highest BCUT2D eigenvalue weighted by molar-refractivity contribution is 7.89. The van der Waals surface area contributed by atoms with Gasteiger partial charge in [-0.2, -0.15) is 4.31 Å². The number of sulfonamides is 1. The summed E-state index contributed by atoms with van der Waals surface area (Å²) >= 11 is 0. The molecule has 1 aliphatic heterocycles. The van der Waals surface area contributed by atoms with Gasteiger partial charge in [0.05, 0.1) is 12.0 Å². The van der Waals surface area contributed by atoms with Crippen molar-refractivity contribution in [3.05, 3.63) is 66.5 Å². The molecule has 4 rings (SSSR count). The third kappa shape index (κ3) is 4.29. The van der Waals surface area contributed by atoms with Crippen molar-refractivity contribution < 1.29 is 17.9 Å². The van der Waals surface area contributed by atoms with Crippen molar-refractivity contribution >= 4 is 26.7 Å². The summed E-state index contributed by atoms with van der Waals surface area (Å²) in [5.41, 5.74) is 0.788. The molecule has 0 bridgehead atoms. The molecule has 1 aromatic heterocycles. The summed E-state index contributed by atoms with van der Waals surface area (Å²) in [6, 6.07) is 14.0. The Labute approximate surface area is 175 Å². The van der Waals surface area contributed by atoms with Gasteiger partial charge in [-0.1, -0.05) is 18.2 Å². The van der Waals surface area contributed by atoms with E-state index in [2.05, 4.69) is 10.3 Å². The first-order chi connectivity index (χ1) is 14.5. The molecule has 8 heteroatoms. The minimum Gasteiger partial charge on any atom is -0.497 e. The van der Waals surface area contributed by atoms with Crippen LogP contribution in [0.5, 0.6) is 5.75 Å². The van der Waals surface area contributed by atoms with Crippen LogP contribution in [0.1, 0.15) is 18.4 Å². The molecule has 1 aliphatic rings. The molecular weight excluding hydrogens is 402 g/mol. The molecule has 1 saturated heterocycles. The minimum absolute atomic E-state index is 0.0432. The lowest BCUT2D eigenvalue weighted by Crippen LogP contribution is -2.41. The zero-order valence-corrected chi connectivity index (χ0v) is 17.4. The van der Waals surface area contributed by atoms with Crippen LogP contribution in [0, 0.1) is 0 Å². The molecule has 1 atom stereocenters. The van der Waals surface area contributed by atoms with E-state index >= 15 is 0 Å². The summed E-state index contributed by atoms with van der Waals surface area (Å²) < 4.78 is 33.7. The molecule has 1 amide bonds. The molecule has 156 valence electrons. The molecule has 1 fully saturated rings. The van der Waals surface area contributed by atoms with Crippen LogP contribution in [0.2, 0.25) is 0 Å². The number of carbonyl (C=O) groups excluding carboxylic acids is 1. The Balaban J connectivity index is 1.68. The van der Waals surface area contributed by atoms with Crippen LogP contribution < -0.4 is 10.1 Å². The zero-order valence-electron chi connectivity index (χ0n) is 16.6. The Hall–Kier alpha value is -2.97. The van der Waals surface area contributed by atoms with Crippen LogP contribution in [-0.2, 0) is 21.4 Å². The number of methoxy groups -OCH3 is 1. The van der Waals surface area contributed by atoms with E-state index in [-0.39, 0.29) is 29.9 Å². The molecule has 2 heterocycles. The summed E-state index contributed by atoms with van der Waals surface area (Å²) in [5.74, 6) is 0.673. The Kier molecular flexibility index (Phi) is 5.69. The molecule has 1 N–H and O–H groups in total. The third-order valence-corrected chi connectivity index (χ3v) is 7.06. The van der Waals surface area contributed by atoms with Gasteiger partial charge in [0.15, 0.2) is 0 Å². The highest BCUT2D eigenvalue weighted by Gasteiger charge is 2.30. The maximum atomic E-state index is 13.5. The van der Waals surface area contributed by atoms with Crippen molar-refractivity contribution in [1.29, 1.82) is 0 Å². The summed E-state index contributed by atoms with van der Waals surface area (Å²) in [6.45, 7) is 0.396. The van der Waals surface area contributed by atoms with Crippen LogP contribution in [0.3, 0.4) is 0 Å². The summed E-state index contributed by atoms with van der Waals surface area (Å²) in [7, 11) is -2.19. The number of pyridine rings is 1. The average molecular weight is 426 g/mol.